The van der Waals surface area contributed by atoms with Gasteiger partial charge in [-0.15, -0.1) is 0 Å². The number of fused-ring (bicyclic) bond motifs is 1. The van der Waals surface area contributed by atoms with E-state index in [4.69, 9.17) is 5.73 Å². The van der Waals surface area contributed by atoms with Crippen LogP contribution in [-0.4, -0.2) is 40.4 Å². The number of amides is 1. The summed E-state index contributed by atoms with van der Waals surface area (Å²) in [4.78, 5) is 23.2. The molecule has 0 saturated heterocycles. The van der Waals surface area contributed by atoms with Crippen LogP contribution in [0.2, 0.25) is 0 Å². The number of aromatic nitrogens is 2. The van der Waals surface area contributed by atoms with E-state index >= 15 is 0 Å². The van der Waals surface area contributed by atoms with Crippen molar-refractivity contribution in [1.29, 1.82) is 0 Å². The fraction of sp³-hybridized carbons (Fsp3) is 0.438. The highest BCUT2D eigenvalue weighted by Gasteiger charge is 2.19. The molecule has 0 aliphatic heterocycles. The molecule has 0 unspecified atom stereocenters. The number of carbonyl (C=O) groups is 1. The van der Waals surface area contributed by atoms with Crippen LogP contribution in [0.3, 0.4) is 0 Å². The molecule has 1 aromatic carbocycles. The van der Waals surface area contributed by atoms with Crippen LogP contribution in [0.15, 0.2) is 30.6 Å². The molecule has 0 bridgehead atoms. The summed E-state index contributed by atoms with van der Waals surface area (Å²) < 4.78 is 0. The van der Waals surface area contributed by atoms with Gasteiger partial charge >= 0.3 is 0 Å². The summed E-state index contributed by atoms with van der Waals surface area (Å²) in [7, 11) is 0. The average Bonchev–Trinajstić information content (AvgIpc) is 2.50. The quantitative estimate of drug-likeness (QED) is 0.882. The van der Waals surface area contributed by atoms with Gasteiger partial charge in [0.05, 0.1) is 11.1 Å². The number of hydrogen-bond donors (Lipinski definition) is 1. The fourth-order valence-electron chi connectivity index (χ4n) is 2.33. The summed E-state index contributed by atoms with van der Waals surface area (Å²) in [6.07, 6.45) is 4.05. The van der Waals surface area contributed by atoms with Crippen molar-refractivity contribution in [3.05, 3.63) is 36.2 Å². The van der Waals surface area contributed by atoms with Crippen LogP contribution in [-0.2, 0) is 0 Å². The molecule has 1 aromatic heterocycles. The van der Waals surface area contributed by atoms with Gasteiger partial charge in [-0.1, -0.05) is 19.9 Å². The maximum Gasteiger partial charge on any atom is 0.256 e. The van der Waals surface area contributed by atoms with Gasteiger partial charge < -0.3 is 10.6 Å². The minimum atomic E-state index is 0.00301. The second kappa shape index (κ2) is 7.13. The Bertz CT molecular complexity index is 607. The second-order valence-corrected chi connectivity index (χ2v) is 5.52. The monoisotopic (exact) mass is 286 g/mol. The topological polar surface area (TPSA) is 72.1 Å². The van der Waals surface area contributed by atoms with Gasteiger partial charge in [-0.05, 0) is 31.0 Å². The number of carbonyl (C=O) groups excluding carboxylic acids is 1. The minimum absolute atomic E-state index is 0.00301. The van der Waals surface area contributed by atoms with Crippen molar-refractivity contribution in [2.45, 2.75) is 20.3 Å². The normalized spacial score (nSPS) is 11.0. The lowest BCUT2D eigenvalue weighted by Crippen LogP contribution is -2.36. The highest BCUT2D eigenvalue weighted by molar-refractivity contribution is 6.04. The van der Waals surface area contributed by atoms with E-state index in [1.54, 1.807) is 12.4 Å². The largest absolute Gasteiger partial charge is 0.338 e. The third-order valence-electron chi connectivity index (χ3n) is 3.23. The minimum Gasteiger partial charge on any atom is -0.338 e. The van der Waals surface area contributed by atoms with Gasteiger partial charge in [0.15, 0.2) is 0 Å². The molecule has 0 saturated carbocycles. The van der Waals surface area contributed by atoms with E-state index in [0.717, 1.165) is 18.5 Å². The molecule has 2 N–H and O–H groups in total. The van der Waals surface area contributed by atoms with Gasteiger partial charge in [-0.3, -0.25) is 14.8 Å². The molecule has 112 valence electrons. The standard InChI is InChI=1S/C16H22N4O/c1-12(2)11-20(10-4-7-17)16(21)13-5-3-6-14-15(13)19-9-8-18-14/h3,5-6,8-9,12H,4,7,10-11,17H2,1-2H3. The number of nitrogens with two attached hydrogens (primary N) is 1. The molecule has 5 nitrogen and oxygen atoms in total. The smallest absolute Gasteiger partial charge is 0.256 e. The summed E-state index contributed by atoms with van der Waals surface area (Å²) in [5.74, 6) is 0.413. The van der Waals surface area contributed by atoms with Gasteiger partial charge in [0, 0.05) is 25.5 Å². The van der Waals surface area contributed by atoms with Crippen molar-refractivity contribution in [1.82, 2.24) is 14.9 Å². The molecule has 0 spiro atoms. The molecule has 0 atom stereocenters. The Labute approximate surface area is 125 Å². The third-order valence-corrected chi connectivity index (χ3v) is 3.23. The molecule has 1 amide bonds. The molecule has 1 heterocycles. The highest BCUT2D eigenvalue weighted by Crippen LogP contribution is 2.17. The van der Waals surface area contributed by atoms with Crippen LogP contribution < -0.4 is 5.73 Å². The van der Waals surface area contributed by atoms with Crippen LogP contribution in [0.25, 0.3) is 11.0 Å². The first-order valence-electron chi connectivity index (χ1n) is 7.32. The third kappa shape index (κ3) is 3.76. The molecule has 5 heteroatoms. The number of benzene rings is 1. The number of para-hydroxylation sites is 1. The first-order valence-corrected chi connectivity index (χ1v) is 7.32. The van der Waals surface area contributed by atoms with Crippen LogP contribution in [0.1, 0.15) is 30.6 Å². The number of nitrogens with zero attached hydrogens (tertiary/aromatic N) is 3. The number of rotatable bonds is 6. The zero-order valence-corrected chi connectivity index (χ0v) is 12.6. The van der Waals surface area contributed by atoms with Crippen LogP contribution in [0.5, 0.6) is 0 Å². The molecule has 0 fully saturated rings. The molecular formula is C16H22N4O. The lowest BCUT2D eigenvalue weighted by atomic mass is 10.1. The lowest BCUT2D eigenvalue weighted by molar-refractivity contribution is 0.0737. The molecule has 2 rings (SSSR count). The summed E-state index contributed by atoms with van der Waals surface area (Å²) in [5.41, 5.74) is 7.59. The Morgan fingerprint density at radius 3 is 2.76 bits per heavy atom. The van der Waals surface area contributed by atoms with Gasteiger partial charge in [-0.2, -0.15) is 0 Å². The van der Waals surface area contributed by atoms with Crippen molar-refractivity contribution in [3.8, 4) is 0 Å². The molecule has 21 heavy (non-hydrogen) atoms. The van der Waals surface area contributed by atoms with E-state index in [1.165, 1.54) is 0 Å². The predicted molar refractivity (Wildman–Crippen MR) is 84.0 cm³/mol. The Kier molecular flexibility index (Phi) is 5.22. The van der Waals surface area contributed by atoms with Crippen molar-refractivity contribution in [2.24, 2.45) is 11.7 Å². The first kappa shape index (κ1) is 15.4. The Morgan fingerprint density at radius 1 is 1.29 bits per heavy atom. The summed E-state index contributed by atoms with van der Waals surface area (Å²) >= 11 is 0. The van der Waals surface area contributed by atoms with Crippen molar-refractivity contribution < 1.29 is 4.79 Å². The maximum absolute atomic E-state index is 12.8. The van der Waals surface area contributed by atoms with Gasteiger partial charge in [0.25, 0.3) is 5.91 Å². The van der Waals surface area contributed by atoms with Gasteiger partial charge in [0.2, 0.25) is 0 Å². The summed E-state index contributed by atoms with van der Waals surface area (Å²) in [6, 6.07) is 5.53. The van der Waals surface area contributed by atoms with E-state index < -0.39 is 0 Å². The van der Waals surface area contributed by atoms with E-state index in [-0.39, 0.29) is 5.91 Å². The molecule has 0 radical (unpaired) electrons. The van der Waals surface area contributed by atoms with Crippen LogP contribution in [0, 0.1) is 5.92 Å². The van der Waals surface area contributed by atoms with E-state index in [0.29, 0.717) is 30.1 Å². The zero-order valence-electron chi connectivity index (χ0n) is 12.6. The average molecular weight is 286 g/mol. The Balaban J connectivity index is 2.33. The van der Waals surface area contributed by atoms with Crippen molar-refractivity contribution in [2.75, 3.05) is 19.6 Å². The fourth-order valence-corrected chi connectivity index (χ4v) is 2.33. The second-order valence-electron chi connectivity index (χ2n) is 5.52. The van der Waals surface area contributed by atoms with E-state index in [2.05, 4.69) is 23.8 Å². The Morgan fingerprint density at radius 2 is 2.05 bits per heavy atom. The van der Waals surface area contributed by atoms with E-state index in [1.807, 2.05) is 23.1 Å². The predicted octanol–water partition coefficient (Wildman–Crippen LogP) is 2.08. The highest BCUT2D eigenvalue weighted by atomic mass is 16.2. The lowest BCUT2D eigenvalue weighted by Gasteiger charge is -2.24. The van der Waals surface area contributed by atoms with Crippen LogP contribution in [0.4, 0.5) is 0 Å². The van der Waals surface area contributed by atoms with Gasteiger partial charge in [-0.25, -0.2) is 0 Å². The molecule has 0 aliphatic rings. The number of hydrogen-bond acceptors (Lipinski definition) is 4. The van der Waals surface area contributed by atoms with Crippen LogP contribution >= 0.6 is 0 Å². The molecule has 2 aromatic rings. The summed E-state index contributed by atoms with van der Waals surface area (Å²) in [5, 5.41) is 0. The Hall–Kier alpha value is -2.01. The zero-order chi connectivity index (χ0) is 15.2. The van der Waals surface area contributed by atoms with E-state index in [9.17, 15) is 4.79 Å². The first-order chi connectivity index (χ1) is 10.1. The summed E-state index contributed by atoms with van der Waals surface area (Å²) in [6.45, 7) is 6.17. The van der Waals surface area contributed by atoms with Crippen molar-refractivity contribution >= 4 is 16.9 Å². The molecular weight excluding hydrogens is 264 g/mol. The molecule has 0 aliphatic carbocycles. The van der Waals surface area contributed by atoms with Crippen molar-refractivity contribution in [3.63, 3.8) is 0 Å². The van der Waals surface area contributed by atoms with Gasteiger partial charge in [0.1, 0.15) is 5.52 Å². The maximum atomic E-state index is 12.8. The SMILES string of the molecule is CC(C)CN(CCCN)C(=O)c1cccc2nccnc12.